The Morgan fingerprint density at radius 3 is 2.88 bits per heavy atom. The highest BCUT2D eigenvalue weighted by atomic mass is 19.1. The van der Waals surface area contributed by atoms with Gasteiger partial charge in [0.2, 0.25) is 5.95 Å². The Morgan fingerprint density at radius 2 is 2.06 bits per heavy atom. The maximum Gasteiger partial charge on any atom is 0.263 e. The van der Waals surface area contributed by atoms with Crippen LogP contribution in [0.2, 0.25) is 0 Å². The minimum atomic E-state index is -0.657. The molecule has 1 fully saturated rings. The van der Waals surface area contributed by atoms with Gasteiger partial charge >= 0.3 is 0 Å². The van der Waals surface area contributed by atoms with Gasteiger partial charge in [0.05, 0.1) is 30.8 Å². The SMILES string of the molecule is C[C@@H]1CN(c2ccc(Nc3ncc(F)c(Nc4ccc5c(n4)NC(=O)CO5)n3)cn2)CCO1. The topological polar surface area (TPSA) is 126 Å². The summed E-state index contributed by atoms with van der Waals surface area (Å²) in [5.74, 6) is 0.974. The highest BCUT2D eigenvalue weighted by Crippen LogP contribution is 2.28. The first-order valence-electron chi connectivity index (χ1n) is 10.4. The Bertz CT molecular complexity index is 1180. The van der Waals surface area contributed by atoms with E-state index in [2.05, 4.69) is 40.8 Å². The van der Waals surface area contributed by atoms with Gasteiger partial charge < -0.3 is 30.3 Å². The Morgan fingerprint density at radius 1 is 1.15 bits per heavy atom. The molecule has 5 heterocycles. The number of hydrogen-bond donors (Lipinski definition) is 3. The first-order valence-corrected chi connectivity index (χ1v) is 10.4. The summed E-state index contributed by atoms with van der Waals surface area (Å²) in [6.07, 6.45) is 2.88. The normalized spacial score (nSPS) is 17.6. The van der Waals surface area contributed by atoms with Crippen LogP contribution in [0.1, 0.15) is 6.92 Å². The van der Waals surface area contributed by atoms with Gasteiger partial charge in [-0.3, -0.25) is 4.79 Å². The fraction of sp³-hybridized carbons (Fsp3) is 0.286. The lowest BCUT2D eigenvalue weighted by molar-refractivity contribution is -0.118. The number of carbonyl (C=O) groups is 1. The molecule has 0 radical (unpaired) electrons. The Balaban J connectivity index is 1.29. The zero-order chi connectivity index (χ0) is 22.8. The van der Waals surface area contributed by atoms with Crippen LogP contribution in [0.3, 0.4) is 0 Å². The lowest BCUT2D eigenvalue weighted by atomic mass is 10.3. The average Bonchev–Trinajstić information content (AvgIpc) is 2.81. The smallest absolute Gasteiger partial charge is 0.263 e. The van der Waals surface area contributed by atoms with Gasteiger partial charge in [-0.1, -0.05) is 0 Å². The molecule has 3 N–H and O–H groups in total. The lowest BCUT2D eigenvalue weighted by Gasteiger charge is -2.32. The van der Waals surface area contributed by atoms with Crippen LogP contribution in [0.25, 0.3) is 0 Å². The summed E-state index contributed by atoms with van der Waals surface area (Å²) >= 11 is 0. The number of pyridine rings is 2. The standard InChI is InChI=1S/C21H21FN8O3/c1-12-10-30(6-7-32-12)17-5-2-13(8-23-17)25-21-24-9-14(22)19(29-21)26-16-4-3-15-20(27-16)28-18(31)11-33-15/h2-5,8-9,12H,6-7,10-11H2,1H3,(H3,24,25,26,27,28,29,31)/t12-/m1/s1. The van der Waals surface area contributed by atoms with Crippen LogP contribution in [-0.2, 0) is 9.53 Å². The van der Waals surface area contributed by atoms with E-state index < -0.39 is 5.82 Å². The number of amides is 1. The second-order valence-corrected chi connectivity index (χ2v) is 7.55. The van der Waals surface area contributed by atoms with Gasteiger partial charge in [-0.2, -0.15) is 4.98 Å². The van der Waals surface area contributed by atoms with Crippen LogP contribution in [-0.4, -0.2) is 58.3 Å². The van der Waals surface area contributed by atoms with Crippen molar-refractivity contribution in [2.24, 2.45) is 0 Å². The molecule has 2 aliphatic rings. The van der Waals surface area contributed by atoms with Crippen molar-refractivity contribution in [1.29, 1.82) is 0 Å². The molecule has 12 heteroatoms. The molecule has 0 unspecified atom stereocenters. The van der Waals surface area contributed by atoms with Crippen molar-refractivity contribution in [3.05, 3.63) is 42.5 Å². The van der Waals surface area contributed by atoms with Crippen LogP contribution >= 0.6 is 0 Å². The number of nitrogens with zero attached hydrogens (tertiary/aromatic N) is 5. The molecule has 3 aromatic heterocycles. The van der Waals surface area contributed by atoms with Crippen molar-refractivity contribution < 1.29 is 18.7 Å². The molecule has 0 aliphatic carbocycles. The molecule has 5 rings (SSSR count). The third-order valence-corrected chi connectivity index (χ3v) is 5.03. The molecule has 1 saturated heterocycles. The second-order valence-electron chi connectivity index (χ2n) is 7.55. The van der Waals surface area contributed by atoms with Gasteiger partial charge in [-0.05, 0) is 31.2 Å². The minimum absolute atomic E-state index is 0.0710. The number of fused-ring (bicyclic) bond motifs is 1. The predicted octanol–water partition coefficient (Wildman–Crippen LogP) is 2.45. The van der Waals surface area contributed by atoms with E-state index in [1.165, 1.54) is 0 Å². The molecule has 170 valence electrons. The average molecular weight is 452 g/mol. The Kier molecular flexibility index (Phi) is 5.57. The summed E-state index contributed by atoms with van der Waals surface area (Å²) in [7, 11) is 0. The number of hydrogen-bond acceptors (Lipinski definition) is 10. The number of aromatic nitrogens is 4. The molecule has 1 atom stereocenters. The fourth-order valence-corrected chi connectivity index (χ4v) is 3.47. The lowest BCUT2D eigenvalue weighted by Crippen LogP contribution is -2.41. The predicted molar refractivity (Wildman–Crippen MR) is 119 cm³/mol. The quantitative estimate of drug-likeness (QED) is 0.531. The summed E-state index contributed by atoms with van der Waals surface area (Å²) in [6.45, 7) is 4.19. The van der Waals surface area contributed by atoms with Crippen LogP contribution in [0, 0.1) is 5.82 Å². The highest BCUT2D eigenvalue weighted by molar-refractivity contribution is 5.94. The van der Waals surface area contributed by atoms with E-state index in [1.807, 2.05) is 19.1 Å². The van der Waals surface area contributed by atoms with E-state index in [9.17, 15) is 9.18 Å². The van der Waals surface area contributed by atoms with Crippen molar-refractivity contribution in [3.8, 4) is 5.75 Å². The van der Waals surface area contributed by atoms with Gasteiger partial charge in [0.1, 0.15) is 11.6 Å². The van der Waals surface area contributed by atoms with Crippen molar-refractivity contribution in [3.63, 3.8) is 0 Å². The van der Waals surface area contributed by atoms with Gasteiger partial charge in [-0.15, -0.1) is 0 Å². The van der Waals surface area contributed by atoms with Crippen LogP contribution in [0.4, 0.5) is 39.3 Å². The van der Waals surface area contributed by atoms with Gasteiger partial charge in [-0.25, -0.2) is 19.3 Å². The maximum atomic E-state index is 14.3. The van der Waals surface area contributed by atoms with E-state index in [4.69, 9.17) is 9.47 Å². The largest absolute Gasteiger partial charge is 0.480 e. The number of halogens is 1. The molecule has 0 saturated carbocycles. The monoisotopic (exact) mass is 452 g/mol. The van der Waals surface area contributed by atoms with Crippen LogP contribution in [0.15, 0.2) is 36.7 Å². The van der Waals surface area contributed by atoms with Crippen molar-refractivity contribution in [1.82, 2.24) is 19.9 Å². The van der Waals surface area contributed by atoms with Crippen molar-refractivity contribution in [2.75, 3.05) is 47.2 Å². The number of anilines is 6. The molecule has 1 amide bonds. The highest BCUT2D eigenvalue weighted by Gasteiger charge is 2.19. The number of carbonyl (C=O) groups excluding carboxylic acids is 1. The van der Waals surface area contributed by atoms with Gasteiger partial charge in [0.15, 0.2) is 29.8 Å². The van der Waals surface area contributed by atoms with E-state index >= 15 is 0 Å². The molecule has 0 bridgehead atoms. The minimum Gasteiger partial charge on any atom is -0.480 e. The summed E-state index contributed by atoms with van der Waals surface area (Å²) in [6, 6.07) is 6.98. The van der Waals surface area contributed by atoms with Crippen molar-refractivity contribution in [2.45, 2.75) is 13.0 Å². The molecule has 33 heavy (non-hydrogen) atoms. The van der Waals surface area contributed by atoms with Crippen LogP contribution < -0.4 is 25.6 Å². The van der Waals surface area contributed by atoms with E-state index in [-0.39, 0.29) is 42.0 Å². The van der Waals surface area contributed by atoms with E-state index in [0.717, 1.165) is 25.1 Å². The first kappa shape index (κ1) is 20.8. The molecular weight excluding hydrogens is 431 g/mol. The number of morpholine rings is 1. The number of rotatable bonds is 5. The fourth-order valence-electron chi connectivity index (χ4n) is 3.47. The van der Waals surface area contributed by atoms with Gasteiger partial charge in [0.25, 0.3) is 5.91 Å². The molecule has 0 spiro atoms. The maximum absolute atomic E-state index is 14.3. The zero-order valence-corrected chi connectivity index (χ0v) is 17.7. The molecule has 2 aliphatic heterocycles. The van der Waals surface area contributed by atoms with Crippen LogP contribution in [0.5, 0.6) is 5.75 Å². The summed E-state index contributed by atoms with van der Waals surface area (Å²) in [5.41, 5.74) is 0.657. The molecule has 3 aromatic rings. The third kappa shape index (κ3) is 4.75. The molecule has 0 aromatic carbocycles. The second kappa shape index (κ2) is 8.82. The van der Waals surface area contributed by atoms with Crippen molar-refractivity contribution >= 4 is 40.8 Å². The molecule has 11 nitrogen and oxygen atoms in total. The van der Waals surface area contributed by atoms with Gasteiger partial charge in [0, 0.05) is 13.1 Å². The number of nitrogens with one attached hydrogen (secondary N) is 3. The zero-order valence-electron chi connectivity index (χ0n) is 17.7. The number of ether oxygens (including phenoxy) is 2. The van der Waals surface area contributed by atoms with E-state index in [1.54, 1.807) is 18.3 Å². The first-order chi connectivity index (χ1) is 16.0. The summed E-state index contributed by atoms with van der Waals surface area (Å²) in [5, 5.41) is 8.43. The Labute approximate surface area is 188 Å². The summed E-state index contributed by atoms with van der Waals surface area (Å²) in [4.78, 5) is 30.6. The summed E-state index contributed by atoms with van der Waals surface area (Å²) < 4.78 is 25.2. The Hall–Kier alpha value is -4.06. The molecular formula is C21H21FN8O3. The van der Waals surface area contributed by atoms with E-state index in [0.29, 0.717) is 18.0 Å². The third-order valence-electron chi connectivity index (χ3n) is 5.03.